The van der Waals surface area contributed by atoms with Crippen LogP contribution in [0.25, 0.3) is 0 Å². The molecule has 3 rings (SSSR count). The second kappa shape index (κ2) is 7.00. The van der Waals surface area contributed by atoms with Crippen LogP contribution in [0.2, 0.25) is 5.02 Å². The molecule has 0 bridgehead atoms. The van der Waals surface area contributed by atoms with Crippen molar-refractivity contribution in [1.29, 1.82) is 0 Å². The van der Waals surface area contributed by atoms with Crippen molar-refractivity contribution in [2.75, 3.05) is 13.1 Å². The second-order valence-electron chi connectivity index (χ2n) is 5.38. The van der Waals surface area contributed by atoms with Crippen molar-refractivity contribution in [2.45, 2.75) is 23.8 Å². The highest BCUT2D eigenvalue weighted by Crippen LogP contribution is 2.23. The highest BCUT2D eigenvalue weighted by Gasteiger charge is 2.31. The molecule has 1 aliphatic heterocycles. The summed E-state index contributed by atoms with van der Waals surface area (Å²) in [5.41, 5.74) is 0. The second-order valence-corrected chi connectivity index (χ2v) is 7.76. The van der Waals surface area contributed by atoms with Crippen molar-refractivity contribution < 1.29 is 17.5 Å². The van der Waals surface area contributed by atoms with Gasteiger partial charge in [-0.15, -0.1) is 0 Å². The summed E-state index contributed by atoms with van der Waals surface area (Å²) in [4.78, 5) is 7.97. The molecule has 0 saturated carbocycles. The summed E-state index contributed by atoms with van der Waals surface area (Å²) in [7, 11) is -3.69. The first-order valence-corrected chi connectivity index (χ1v) is 9.17. The average molecular weight is 372 g/mol. The Labute approximate surface area is 144 Å². The van der Waals surface area contributed by atoms with Crippen LogP contribution in [-0.2, 0) is 10.0 Å². The van der Waals surface area contributed by atoms with Gasteiger partial charge < -0.3 is 4.74 Å². The minimum absolute atomic E-state index is 0.0623. The number of aromatic nitrogens is 2. The van der Waals surface area contributed by atoms with E-state index in [1.807, 2.05) is 0 Å². The van der Waals surface area contributed by atoms with Gasteiger partial charge in [0.05, 0.1) is 28.9 Å². The van der Waals surface area contributed by atoms with Crippen LogP contribution in [0.15, 0.2) is 41.6 Å². The van der Waals surface area contributed by atoms with Crippen LogP contribution >= 0.6 is 11.6 Å². The Kier molecular flexibility index (Phi) is 4.98. The van der Waals surface area contributed by atoms with Crippen LogP contribution in [0.3, 0.4) is 0 Å². The number of hydrogen-bond donors (Lipinski definition) is 0. The molecular formula is C15H15ClFN3O3S. The Morgan fingerprint density at radius 2 is 1.88 bits per heavy atom. The van der Waals surface area contributed by atoms with Crippen molar-refractivity contribution in [3.05, 3.63) is 47.5 Å². The summed E-state index contributed by atoms with van der Waals surface area (Å²) < 4.78 is 45.3. The smallest absolute Gasteiger partial charge is 0.316 e. The highest BCUT2D eigenvalue weighted by molar-refractivity contribution is 7.89. The molecule has 1 aliphatic rings. The number of nitrogens with zero attached hydrogens (tertiary/aromatic N) is 3. The SMILES string of the molecule is O=S(=O)(c1ccc(F)cc1)N1CCCC(Oc2ncc(Cl)cn2)C1. The van der Waals surface area contributed by atoms with Crippen LogP contribution in [0.1, 0.15) is 12.8 Å². The fourth-order valence-corrected chi connectivity index (χ4v) is 4.09. The number of piperidine rings is 1. The molecule has 1 atom stereocenters. The molecule has 24 heavy (non-hydrogen) atoms. The Balaban J connectivity index is 1.72. The molecule has 1 unspecified atom stereocenters. The summed E-state index contributed by atoms with van der Waals surface area (Å²) in [6.07, 6.45) is 3.83. The maximum Gasteiger partial charge on any atom is 0.316 e. The molecule has 1 saturated heterocycles. The van der Waals surface area contributed by atoms with E-state index in [1.54, 1.807) is 0 Å². The van der Waals surface area contributed by atoms with Gasteiger partial charge in [0, 0.05) is 6.54 Å². The Morgan fingerprint density at radius 3 is 2.54 bits per heavy atom. The molecule has 0 N–H and O–H groups in total. The quantitative estimate of drug-likeness (QED) is 0.825. The summed E-state index contributed by atoms with van der Waals surface area (Å²) in [5, 5.41) is 0.395. The molecule has 1 aromatic heterocycles. The van der Waals surface area contributed by atoms with Crippen molar-refractivity contribution in [1.82, 2.24) is 14.3 Å². The Bertz CT molecular complexity index is 800. The van der Waals surface area contributed by atoms with E-state index in [9.17, 15) is 12.8 Å². The maximum absolute atomic E-state index is 13.0. The van der Waals surface area contributed by atoms with Crippen molar-refractivity contribution in [2.24, 2.45) is 0 Å². The average Bonchev–Trinajstić information content (AvgIpc) is 2.58. The number of hydrogen-bond acceptors (Lipinski definition) is 5. The standard InChI is InChI=1S/C15H15ClFN3O3S/c16-11-8-18-15(19-9-11)23-13-2-1-7-20(10-13)24(21,22)14-5-3-12(17)4-6-14/h3-6,8-9,13H,1-2,7,10H2. The van der Waals surface area contributed by atoms with E-state index in [-0.39, 0.29) is 23.6 Å². The summed E-state index contributed by atoms with van der Waals surface area (Å²) in [5.74, 6) is -0.478. The molecule has 6 nitrogen and oxygen atoms in total. The lowest BCUT2D eigenvalue weighted by molar-refractivity contribution is 0.119. The normalized spacial score (nSPS) is 19.2. The van der Waals surface area contributed by atoms with Crippen LogP contribution in [-0.4, -0.2) is 41.9 Å². The molecule has 1 aromatic carbocycles. The van der Waals surface area contributed by atoms with E-state index in [0.29, 0.717) is 24.4 Å². The van der Waals surface area contributed by atoms with Gasteiger partial charge >= 0.3 is 6.01 Å². The largest absolute Gasteiger partial charge is 0.459 e. The minimum atomic E-state index is -3.69. The van der Waals surface area contributed by atoms with Gasteiger partial charge in [-0.2, -0.15) is 4.31 Å². The number of sulfonamides is 1. The lowest BCUT2D eigenvalue weighted by Gasteiger charge is -2.31. The maximum atomic E-state index is 13.0. The fraction of sp³-hybridized carbons (Fsp3) is 0.333. The molecule has 9 heteroatoms. The first kappa shape index (κ1) is 17.1. The van der Waals surface area contributed by atoms with Crippen LogP contribution < -0.4 is 4.74 Å². The van der Waals surface area contributed by atoms with Gasteiger partial charge in [0.15, 0.2) is 0 Å². The topological polar surface area (TPSA) is 72.4 Å². The zero-order valence-corrected chi connectivity index (χ0v) is 14.2. The van der Waals surface area contributed by atoms with Gasteiger partial charge in [-0.05, 0) is 37.1 Å². The third kappa shape index (κ3) is 3.82. The van der Waals surface area contributed by atoms with Gasteiger partial charge in [0.25, 0.3) is 0 Å². The number of rotatable bonds is 4. The molecule has 2 aromatic rings. The monoisotopic (exact) mass is 371 g/mol. The lowest BCUT2D eigenvalue weighted by Crippen LogP contribution is -2.44. The fourth-order valence-electron chi connectivity index (χ4n) is 2.49. The van der Waals surface area contributed by atoms with Crippen molar-refractivity contribution in [3.8, 4) is 6.01 Å². The molecule has 0 radical (unpaired) electrons. The molecule has 0 spiro atoms. The van der Waals surface area contributed by atoms with E-state index < -0.39 is 15.8 Å². The van der Waals surface area contributed by atoms with Crippen LogP contribution in [0, 0.1) is 5.82 Å². The van der Waals surface area contributed by atoms with E-state index in [2.05, 4.69) is 9.97 Å². The third-order valence-electron chi connectivity index (χ3n) is 3.66. The predicted molar refractivity (Wildman–Crippen MR) is 85.9 cm³/mol. The van der Waals surface area contributed by atoms with Crippen LogP contribution in [0.5, 0.6) is 6.01 Å². The summed E-state index contributed by atoms with van der Waals surface area (Å²) in [6.45, 7) is 0.576. The third-order valence-corrected chi connectivity index (χ3v) is 5.74. The summed E-state index contributed by atoms with van der Waals surface area (Å²) >= 11 is 5.72. The van der Waals surface area contributed by atoms with E-state index in [4.69, 9.17) is 16.3 Å². The zero-order chi connectivity index (χ0) is 17.2. The predicted octanol–water partition coefficient (Wildman–Crippen LogP) is 2.50. The van der Waals surface area contributed by atoms with E-state index in [1.165, 1.54) is 28.8 Å². The minimum Gasteiger partial charge on any atom is -0.459 e. The van der Waals surface area contributed by atoms with E-state index in [0.717, 1.165) is 12.1 Å². The first-order chi connectivity index (χ1) is 11.4. The van der Waals surface area contributed by atoms with Gasteiger partial charge in [0.1, 0.15) is 11.9 Å². The molecular weight excluding hydrogens is 357 g/mol. The number of halogens is 2. The molecule has 2 heterocycles. The van der Waals surface area contributed by atoms with Gasteiger partial charge in [0.2, 0.25) is 10.0 Å². The Hall–Kier alpha value is -1.77. The Morgan fingerprint density at radius 1 is 1.21 bits per heavy atom. The molecule has 1 fully saturated rings. The number of ether oxygens (including phenoxy) is 1. The summed E-state index contributed by atoms with van der Waals surface area (Å²) in [6, 6.07) is 4.94. The van der Waals surface area contributed by atoms with Crippen molar-refractivity contribution in [3.63, 3.8) is 0 Å². The molecule has 128 valence electrons. The van der Waals surface area contributed by atoms with Gasteiger partial charge in [-0.25, -0.2) is 22.8 Å². The van der Waals surface area contributed by atoms with Gasteiger partial charge in [-0.3, -0.25) is 0 Å². The van der Waals surface area contributed by atoms with Crippen LogP contribution in [0.4, 0.5) is 4.39 Å². The van der Waals surface area contributed by atoms with Crippen molar-refractivity contribution >= 4 is 21.6 Å². The zero-order valence-electron chi connectivity index (χ0n) is 12.6. The van der Waals surface area contributed by atoms with Gasteiger partial charge in [-0.1, -0.05) is 11.6 Å². The molecule has 0 aliphatic carbocycles. The first-order valence-electron chi connectivity index (χ1n) is 7.35. The van der Waals surface area contributed by atoms with E-state index >= 15 is 0 Å². The number of benzene rings is 1. The molecule has 0 amide bonds. The highest BCUT2D eigenvalue weighted by atomic mass is 35.5. The lowest BCUT2D eigenvalue weighted by atomic mass is 10.1.